The lowest BCUT2D eigenvalue weighted by atomic mass is 9.97. The van der Waals surface area contributed by atoms with E-state index in [1.54, 1.807) is 18.7 Å². The van der Waals surface area contributed by atoms with E-state index in [0.29, 0.717) is 58.4 Å². The Hall–Kier alpha value is -2.22. The van der Waals surface area contributed by atoms with Gasteiger partial charge in [0.25, 0.3) is 0 Å². The van der Waals surface area contributed by atoms with Gasteiger partial charge >= 0.3 is 6.09 Å². The first kappa shape index (κ1) is 31.3. The zero-order valence-electron chi connectivity index (χ0n) is 23.6. The van der Waals surface area contributed by atoms with E-state index < -0.39 is 31.6 Å². The van der Waals surface area contributed by atoms with Crippen LogP contribution >= 0.6 is 0 Å². The fourth-order valence-corrected chi connectivity index (χ4v) is 7.85. The molecule has 2 heterocycles. The maximum absolute atomic E-state index is 13.3. The lowest BCUT2D eigenvalue weighted by Gasteiger charge is -2.35. The summed E-state index contributed by atoms with van der Waals surface area (Å²) < 4.78 is 60.2. The molecule has 39 heavy (non-hydrogen) atoms. The Morgan fingerprint density at radius 2 is 1.51 bits per heavy atom. The molecule has 0 radical (unpaired) electrons. The quantitative estimate of drug-likeness (QED) is 0.495. The highest BCUT2D eigenvalue weighted by Gasteiger charge is 2.35. The predicted molar refractivity (Wildman–Crippen MR) is 147 cm³/mol. The molecule has 1 aromatic rings. The average molecular weight is 587 g/mol. The molecule has 0 saturated carbocycles. The van der Waals surface area contributed by atoms with Gasteiger partial charge in [0.2, 0.25) is 26.0 Å². The summed E-state index contributed by atoms with van der Waals surface area (Å²) >= 11 is 0. The van der Waals surface area contributed by atoms with Gasteiger partial charge in [-0.25, -0.2) is 21.6 Å². The van der Waals surface area contributed by atoms with Gasteiger partial charge in [0.15, 0.2) is 0 Å². The molecular weight excluding hydrogens is 544 g/mol. The Kier molecular flexibility index (Phi) is 10.1. The van der Waals surface area contributed by atoms with Crippen molar-refractivity contribution in [1.82, 2.24) is 18.8 Å². The summed E-state index contributed by atoms with van der Waals surface area (Å²) in [5, 5.41) is 3.04. The highest BCUT2D eigenvalue weighted by Crippen LogP contribution is 2.26. The van der Waals surface area contributed by atoms with Gasteiger partial charge in [-0.1, -0.05) is 13.8 Å². The molecule has 2 saturated heterocycles. The summed E-state index contributed by atoms with van der Waals surface area (Å²) in [5.41, 5.74) is -0.569. The Labute approximate surface area is 233 Å². The summed E-state index contributed by atoms with van der Waals surface area (Å²) in [4.78, 5) is 27.0. The van der Waals surface area contributed by atoms with Crippen molar-refractivity contribution in [2.45, 2.75) is 81.7 Å². The van der Waals surface area contributed by atoms with E-state index in [1.165, 1.54) is 32.9 Å². The number of piperidine rings is 2. The SMILES string of the molecule is CCN(CC)S(=O)(=O)c1ccc(S(=O)(=O)N2CCC[C@@H](C(=O)NC3CCN(C(=O)OC(C)(C)C)CC3)C2)cc1. The van der Waals surface area contributed by atoms with Gasteiger partial charge in [0.1, 0.15) is 5.60 Å². The van der Waals surface area contributed by atoms with Crippen LogP contribution in [0, 0.1) is 5.92 Å². The van der Waals surface area contributed by atoms with E-state index in [0.717, 1.165) is 0 Å². The Balaban J connectivity index is 1.59. The number of nitrogens with zero attached hydrogens (tertiary/aromatic N) is 3. The van der Waals surface area contributed by atoms with Crippen LogP contribution in [0.4, 0.5) is 4.79 Å². The number of nitrogens with one attached hydrogen (secondary N) is 1. The number of rotatable bonds is 8. The van der Waals surface area contributed by atoms with Gasteiger partial charge in [-0.05, 0) is 70.7 Å². The third-order valence-corrected chi connectivity index (χ3v) is 11.0. The highest BCUT2D eigenvalue weighted by atomic mass is 32.2. The van der Waals surface area contributed by atoms with E-state index in [-0.39, 0.29) is 34.4 Å². The summed E-state index contributed by atoms with van der Waals surface area (Å²) in [6, 6.07) is 5.17. The topological polar surface area (TPSA) is 133 Å². The molecule has 0 unspecified atom stereocenters. The van der Waals surface area contributed by atoms with Crippen LogP contribution in [0.1, 0.15) is 60.3 Å². The lowest BCUT2D eigenvalue weighted by Crippen LogP contribution is -2.51. The minimum Gasteiger partial charge on any atom is -0.444 e. The molecule has 0 aliphatic carbocycles. The lowest BCUT2D eigenvalue weighted by molar-refractivity contribution is -0.127. The van der Waals surface area contributed by atoms with Gasteiger partial charge in [-0.2, -0.15) is 8.61 Å². The molecule has 2 aliphatic heterocycles. The van der Waals surface area contributed by atoms with Gasteiger partial charge in [-0.3, -0.25) is 4.79 Å². The van der Waals surface area contributed by atoms with Gasteiger partial charge in [0, 0.05) is 45.3 Å². The minimum atomic E-state index is -3.90. The zero-order valence-corrected chi connectivity index (χ0v) is 25.2. The number of carbonyl (C=O) groups excluding carboxylic acids is 2. The van der Waals surface area contributed by atoms with E-state index in [1.807, 2.05) is 20.8 Å². The molecule has 1 aromatic carbocycles. The van der Waals surface area contributed by atoms with E-state index in [9.17, 15) is 26.4 Å². The number of ether oxygens (including phenoxy) is 1. The number of benzene rings is 1. The van der Waals surface area contributed by atoms with E-state index in [2.05, 4.69) is 5.32 Å². The van der Waals surface area contributed by atoms with Crippen molar-refractivity contribution in [3.63, 3.8) is 0 Å². The fourth-order valence-electron chi connectivity index (χ4n) is 4.87. The first-order chi connectivity index (χ1) is 18.2. The van der Waals surface area contributed by atoms with E-state index in [4.69, 9.17) is 4.74 Å². The summed E-state index contributed by atoms with van der Waals surface area (Å²) in [6.45, 7) is 10.9. The maximum Gasteiger partial charge on any atom is 0.410 e. The molecule has 2 fully saturated rings. The maximum atomic E-state index is 13.3. The van der Waals surface area contributed by atoms with E-state index >= 15 is 0 Å². The molecule has 0 bridgehead atoms. The minimum absolute atomic E-state index is 0.00318. The molecule has 13 heteroatoms. The number of hydrogen-bond donors (Lipinski definition) is 1. The van der Waals surface area contributed by atoms with Crippen molar-refractivity contribution in [1.29, 1.82) is 0 Å². The molecule has 2 amide bonds. The Morgan fingerprint density at radius 3 is 2.05 bits per heavy atom. The molecule has 2 aliphatic rings. The van der Waals surface area contributed by atoms with Gasteiger partial charge in [0.05, 0.1) is 15.7 Å². The van der Waals surface area contributed by atoms with Crippen molar-refractivity contribution in [2.75, 3.05) is 39.3 Å². The van der Waals surface area contributed by atoms with Gasteiger partial charge in [-0.15, -0.1) is 0 Å². The average Bonchev–Trinajstić information content (AvgIpc) is 2.88. The normalized spacial score (nSPS) is 20.2. The second kappa shape index (κ2) is 12.5. The third kappa shape index (κ3) is 7.71. The Bertz CT molecular complexity index is 1220. The molecule has 220 valence electrons. The van der Waals surface area contributed by atoms with Crippen molar-refractivity contribution < 1.29 is 31.2 Å². The first-order valence-corrected chi connectivity index (χ1v) is 16.5. The fraction of sp³-hybridized carbons (Fsp3) is 0.692. The monoisotopic (exact) mass is 586 g/mol. The standard InChI is InChI=1S/C26H42N4O7S2/c1-6-29(7-2)38(33,34)22-10-12-23(13-11-22)39(35,36)30-16-8-9-20(19-30)24(31)27-21-14-17-28(18-15-21)25(32)37-26(3,4)5/h10-13,20-21H,6-9,14-19H2,1-5H3,(H,27,31)/t20-/m1/s1. The predicted octanol–water partition coefficient (Wildman–Crippen LogP) is 2.63. The van der Waals surface area contributed by atoms with Crippen molar-refractivity contribution in [2.24, 2.45) is 5.92 Å². The molecule has 0 aromatic heterocycles. The van der Waals surface area contributed by atoms with Crippen molar-refractivity contribution >= 4 is 32.0 Å². The number of carbonyl (C=O) groups is 2. The van der Waals surface area contributed by atoms with Crippen LogP contribution in [0.25, 0.3) is 0 Å². The molecule has 0 spiro atoms. The number of sulfonamides is 2. The number of amides is 2. The van der Waals surface area contributed by atoms with Gasteiger partial charge < -0.3 is 15.0 Å². The molecule has 3 rings (SSSR count). The van der Waals surface area contributed by atoms with Crippen LogP contribution in [0.5, 0.6) is 0 Å². The molecular formula is C26H42N4O7S2. The number of hydrogen-bond acceptors (Lipinski definition) is 7. The van der Waals surface area contributed by atoms with Crippen LogP contribution in [0.15, 0.2) is 34.1 Å². The van der Waals surface area contributed by atoms with Crippen LogP contribution < -0.4 is 5.32 Å². The third-order valence-electron chi connectivity index (χ3n) is 7.05. The van der Waals surface area contributed by atoms with Crippen LogP contribution in [0.2, 0.25) is 0 Å². The zero-order chi connectivity index (χ0) is 29.0. The van der Waals surface area contributed by atoms with Crippen molar-refractivity contribution in [3.05, 3.63) is 24.3 Å². The number of likely N-dealkylation sites (tertiary alicyclic amines) is 1. The van der Waals surface area contributed by atoms with Crippen molar-refractivity contribution in [3.8, 4) is 0 Å². The molecule has 1 N–H and O–H groups in total. The Morgan fingerprint density at radius 1 is 0.949 bits per heavy atom. The van der Waals surface area contributed by atoms with Crippen LogP contribution in [-0.4, -0.2) is 93.3 Å². The van der Waals surface area contributed by atoms with Crippen LogP contribution in [-0.2, 0) is 29.6 Å². The second-order valence-electron chi connectivity index (χ2n) is 11.0. The summed E-state index contributed by atoms with van der Waals surface area (Å²) in [6.07, 6.45) is 1.96. The van der Waals surface area contributed by atoms with Crippen LogP contribution in [0.3, 0.4) is 0 Å². The largest absolute Gasteiger partial charge is 0.444 e. The molecule has 11 nitrogen and oxygen atoms in total. The summed E-state index contributed by atoms with van der Waals surface area (Å²) in [7, 11) is -7.60. The smallest absolute Gasteiger partial charge is 0.410 e. The molecule has 1 atom stereocenters. The first-order valence-electron chi connectivity index (χ1n) is 13.6. The second-order valence-corrected chi connectivity index (χ2v) is 14.9. The summed E-state index contributed by atoms with van der Waals surface area (Å²) in [5.74, 6) is -0.675. The highest BCUT2D eigenvalue weighted by molar-refractivity contribution is 7.89.